The number of aryl methyl sites for hydroxylation is 3. The maximum absolute atomic E-state index is 13.2. The van der Waals surface area contributed by atoms with Gasteiger partial charge in [0.15, 0.2) is 0 Å². The Bertz CT molecular complexity index is 1470. The zero-order valence-electron chi connectivity index (χ0n) is 19.0. The summed E-state index contributed by atoms with van der Waals surface area (Å²) < 4.78 is 15.0. The highest BCUT2D eigenvalue weighted by atomic mass is 19.1. The Hall–Kier alpha value is -4.46. The summed E-state index contributed by atoms with van der Waals surface area (Å²) >= 11 is 0. The maximum Gasteiger partial charge on any atom is 0.224 e. The summed E-state index contributed by atoms with van der Waals surface area (Å²) in [5, 5.41) is 12.5. The number of nitrogens with one attached hydrogen (secondary N) is 2. The highest BCUT2D eigenvalue weighted by Gasteiger charge is 2.10. The third kappa shape index (κ3) is 5.22. The van der Waals surface area contributed by atoms with Crippen LogP contribution in [-0.2, 0) is 24.2 Å². The van der Waals surface area contributed by atoms with Gasteiger partial charge in [0.1, 0.15) is 5.82 Å². The monoisotopic (exact) mass is 468 g/mol. The fourth-order valence-corrected chi connectivity index (χ4v) is 4.08. The van der Waals surface area contributed by atoms with E-state index in [0.29, 0.717) is 24.3 Å². The van der Waals surface area contributed by atoms with Crippen LogP contribution in [0.25, 0.3) is 22.0 Å². The van der Waals surface area contributed by atoms with Crippen molar-refractivity contribution in [2.45, 2.75) is 25.8 Å². The van der Waals surface area contributed by atoms with Gasteiger partial charge in [-0.3, -0.25) is 9.48 Å². The number of halogens is 1. The number of nitrogens with zero attached hydrogens (tertiary/aromatic N) is 3. The standard InChI is InChI=1S/C27H25FN6O/c28-21-8-5-18(6-9-21)19-7-11-24(29)26(15-19)31-27(35)12-10-22-17-34(33-32-22)14-13-20-16-30-25-4-2-1-3-23(20)25/h1-9,11,15-17,30H,10,12-14,29H2,(H,31,35). The van der Waals surface area contributed by atoms with Crippen molar-refractivity contribution in [1.29, 1.82) is 0 Å². The molecule has 0 unspecified atom stereocenters. The van der Waals surface area contributed by atoms with E-state index in [4.69, 9.17) is 5.73 Å². The zero-order chi connectivity index (χ0) is 24.2. The first-order valence-corrected chi connectivity index (χ1v) is 11.4. The highest BCUT2D eigenvalue weighted by molar-refractivity contribution is 5.95. The van der Waals surface area contributed by atoms with Crippen LogP contribution >= 0.6 is 0 Å². The van der Waals surface area contributed by atoms with Crippen molar-refractivity contribution < 1.29 is 9.18 Å². The van der Waals surface area contributed by atoms with Gasteiger partial charge in [-0.2, -0.15) is 0 Å². The third-order valence-electron chi connectivity index (χ3n) is 5.98. The molecule has 7 nitrogen and oxygen atoms in total. The molecular formula is C27H25FN6O. The Morgan fingerprint density at radius 2 is 1.83 bits per heavy atom. The number of rotatable bonds is 8. The number of nitrogens with two attached hydrogens (primary N) is 1. The molecule has 0 aliphatic rings. The van der Waals surface area contributed by atoms with Gasteiger partial charge in [-0.05, 0) is 53.4 Å². The second kappa shape index (κ2) is 9.80. The van der Waals surface area contributed by atoms with E-state index in [1.807, 2.05) is 30.6 Å². The van der Waals surface area contributed by atoms with Gasteiger partial charge < -0.3 is 16.0 Å². The largest absolute Gasteiger partial charge is 0.397 e. The minimum Gasteiger partial charge on any atom is -0.397 e. The average molecular weight is 469 g/mol. The van der Waals surface area contributed by atoms with Crippen molar-refractivity contribution >= 4 is 28.2 Å². The Balaban J connectivity index is 1.16. The summed E-state index contributed by atoms with van der Waals surface area (Å²) in [6, 6.07) is 19.8. The minimum atomic E-state index is -0.299. The van der Waals surface area contributed by atoms with Gasteiger partial charge in [0.05, 0.1) is 17.1 Å². The normalized spacial score (nSPS) is 11.1. The quantitative estimate of drug-likeness (QED) is 0.280. The topological polar surface area (TPSA) is 102 Å². The molecule has 2 aromatic heterocycles. The summed E-state index contributed by atoms with van der Waals surface area (Å²) in [6.07, 6.45) is 5.46. The van der Waals surface area contributed by atoms with E-state index >= 15 is 0 Å². The van der Waals surface area contributed by atoms with E-state index in [9.17, 15) is 9.18 Å². The molecule has 0 fully saturated rings. The second-order valence-corrected chi connectivity index (χ2v) is 8.44. The number of aromatic nitrogens is 4. The van der Waals surface area contributed by atoms with Gasteiger partial charge in [0.2, 0.25) is 5.91 Å². The summed E-state index contributed by atoms with van der Waals surface area (Å²) in [5.74, 6) is -0.464. The van der Waals surface area contributed by atoms with Crippen molar-refractivity contribution in [3.63, 3.8) is 0 Å². The van der Waals surface area contributed by atoms with Crippen molar-refractivity contribution in [1.82, 2.24) is 20.0 Å². The number of fused-ring (bicyclic) bond motifs is 1. The Labute approximate surface area is 201 Å². The lowest BCUT2D eigenvalue weighted by Gasteiger charge is -2.10. The molecule has 5 rings (SSSR count). The average Bonchev–Trinajstić information content (AvgIpc) is 3.50. The summed E-state index contributed by atoms with van der Waals surface area (Å²) in [4.78, 5) is 15.9. The molecule has 4 N–H and O–H groups in total. The van der Waals surface area contributed by atoms with Crippen LogP contribution in [0.3, 0.4) is 0 Å². The van der Waals surface area contributed by atoms with E-state index in [1.165, 1.54) is 23.1 Å². The van der Waals surface area contributed by atoms with Crippen LogP contribution in [0.2, 0.25) is 0 Å². The molecule has 0 aliphatic carbocycles. The number of para-hydroxylation sites is 1. The van der Waals surface area contributed by atoms with Gasteiger partial charge in [-0.15, -0.1) is 5.10 Å². The number of hydrogen-bond donors (Lipinski definition) is 3. The van der Waals surface area contributed by atoms with Crippen LogP contribution < -0.4 is 11.1 Å². The van der Waals surface area contributed by atoms with Gasteiger partial charge >= 0.3 is 0 Å². The number of anilines is 2. The van der Waals surface area contributed by atoms with Gasteiger partial charge in [0, 0.05) is 42.7 Å². The molecule has 35 heavy (non-hydrogen) atoms. The van der Waals surface area contributed by atoms with E-state index in [-0.39, 0.29) is 18.1 Å². The van der Waals surface area contributed by atoms with E-state index in [1.54, 1.807) is 28.9 Å². The summed E-state index contributed by atoms with van der Waals surface area (Å²) in [7, 11) is 0. The molecule has 0 spiro atoms. The number of carbonyl (C=O) groups is 1. The number of benzene rings is 3. The van der Waals surface area contributed by atoms with Gasteiger partial charge in [-0.25, -0.2) is 4.39 Å². The highest BCUT2D eigenvalue weighted by Crippen LogP contribution is 2.27. The Kier molecular flexibility index (Phi) is 6.26. The predicted molar refractivity (Wildman–Crippen MR) is 135 cm³/mol. The Morgan fingerprint density at radius 3 is 2.69 bits per heavy atom. The molecule has 3 aromatic carbocycles. The minimum absolute atomic E-state index is 0.165. The van der Waals surface area contributed by atoms with E-state index < -0.39 is 0 Å². The number of nitrogen functional groups attached to an aromatic ring is 1. The van der Waals surface area contributed by atoms with Crippen molar-refractivity contribution in [3.05, 3.63) is 96.2 Å². The van der Waals surface area contributed by atoms with Gasteiger partial charge in [-0.1, -0.05) is 41.6 Å². The smallest absolute Gasteiger partial charge is 0.224 e. The van der Waals surface area contributed by atoms with Crippen LogP contribution in [0.5, 0.6) is 0 Å². The van der Waals surface area contributed by atoms with E-state index in [2.05, 4.69) is 32.7 Å². The lowest BCUT2D eigenvalue weighted by Crippen LogP contribution is -2.13. The fraction of sp³-hybridized carbons (Fsp3) is 0.148. The van der Waals surface area contributed by atoms with E-state index in [0.717, 1.165) is 28.8 Å². The van der Waals surface area contributed by atoms with Crippen molar-refractivity contribution in [2.24, 2.45) is 0 Å². The molecule has 0 radical (unpaired) electrons. The lowest BCUT2D eigenvalue weighted by atomic mass is 10.0. The van der Waals surface area contributed by atoms with Crippen molar-refractivity contribution in [2.75, 3.05) is 11.1 Å². The lowest BCUT2D eigenvalue weighted by molar-refractivity contribution is -0.116. The number of H-pyrrole nitrogens is 1. The number of aromatic amines is 1. The molecule has 1 amide bonds. The number of carbonyl (C=O) groups excluding carboxylic acids is 1. The van der Waals surface area contributed by atoms with Crippen LogP contribution in [0, 0.1) is 5.82 Å². The third-order valence-corrected chi connectivity index (χ3v) is 5.98. The molecule has 8 heteroatoms. The summed E-state index contributed by atoms with van der Waals surface area (Å²) in [5.41, 5.74) is 11.8. The van der Waals surface area contributed by atoms with Crippen LogP contribution in [0.4, 0.5) is 15.8 Å². The summed E-state index contributed by atoms with van der Waals surface area (Å²) in [6.45, 7) is 0.702. The number of amides is 1. The molecular weight excluding hydrogens is 443 g/mol. The molecule has 2 heterocycles. The van der Waals surface area contributed by atoms with Crippen LogP contribution in [0.1, 0.15) is 17.7 Å². The molecule has 0 atom stereocenters. The first-order valence-electron chi connectivity index (χ1n) is 11.4. The Morgan fingerprint density at radius 1 is 1.03 bits per heavy atom. The molecule has 176 valence electrons. The second-order valence-electron chi connectivity index (χ2n) is 8.44. The molecule has 0 bridgehead atoms. The van der Waals surface area contributed by atoms with Gasteiger partial charge in [0.25, 0.3) is 0 Å². The first-order chi connectivity index (χ1) is 17.0. The first kappa shape index (κ1) is 22.3. The van der Waals surface area contributed by atoms with Crippen LogP contribution in [-0.4, -0.2) is 25.9 Å². The van der Waals surface area contributed by atoms with Crippen LogP contribution in [0.15, 0.2) is 79.1 Å². The number of hydrogen-bond acceptors (Lipinski definition) is 4. The molecule has 0 aliphatic heterocycles. The molecule has 0 saturated carbocycles. The SMILES string of the molecule is Nc1ccc(-c2ccc(F)cc2)cc1NC(=O)CCc1cn(CCc2c[nH]c3ccccc23)nn1. The maximum atomic E-state index is 13.2. The predicted octanol–water partition coefficient (Wildman–Crippen LogP) is 4.96. The fourth-order valence-electron chi connectivity index (χ4n) is 4.08. The molecule has 5 aromatic rings. The van der Waals surface area contributed by atoms with Crippen molar-refractivity contribution in [3.8, 4) is 11.1 Å². The zero-order valence-corrected chi connectivity index (χ0v) is 19.0. The molecule has 0 saturated heterocycles.